The number of anilines is 2. The van der Waals surface area contributed by atoms with Crippen LogP contribution in [-0.2, 0) is 4.79 Å². The topological polar surface area (TPSA) is 44.4 Å². The fourth-order valence-corrected chi connectivity index (χ4v) is 1.64. The number of carbonyl (C=O) groups is 1. The average molecular weight is 263 g/mol. The highest BCUT2D eigenvalue weighted by atomic mass is 16.2. The third-order valence-electron chi connectivity index (χ3n) is 3.16. The van der Waals surface area contributed by atoms with Gasteiger partial charge >= 0.3 is 0 Å². The first-order valence-corrected chi connectivity index (χ1v) is 6.78. The number of rotatable bonds is 6. The molecule has 0 radical (unpaired) electrons. The first-order chi connectivity index (χ1) is 8.93. The molecule has 0 aliphatic carbocycles. The molecule has 106 valence electrons. The van der Waals surface area contributed by atoms with Crippen molar-refractivity contribution in [2.24, 2.45) is 0 Å². The van der Waals surface area contributed by atoms with Crippen LogP contribution in [0.5, 0.6) is 0 Å². The minimum Gasteiger partial charge on any atom is -0.378 e. The standard InChI is InChI=1S/C15H25N3O/c1-6-11(2)16-15(19)12(3)17-13-7-9-14(10-8-13)18(4)5/h7-12,17H,6H2,1-5H3,(H,16,19). The summed E-state index contributed by atoms with van der Waals surface area (Å²) in [5.74, 6) is 0.0334. The van der Waals surface area contributed by atoms with E-state index in [1.807, 2.05) is 57.1 Å². The van der Waals surface area contributed by atoms with Crippen LogP contribution in [-0.4, -0.2) is 32.1 Å². The highest BCUT2D eigenvalue weighted by Gasteiger charge is 2.14. The Hall–Kier alpha value is -1.71. The van der Waals surface area contributed by atoms with Crippen molar-refractivity contribution in [3.63, 3.8) is 0 Å². The monoisotopic (exact) mass is 263 g/mol. The summed E-state index contributed by atoms with van der Waals surface area (Å²) >= 11 is 0. The van der Waals surface area contributed by atoms with Crippen LogP contribution in [0.15, 0.2) is 24.3 Å². The molecule has 0 saturated carbocycles. The molecule has 0 spiro atoms. The maximum Gasteiger partial charge on any atom is 0.242 e. The van der Waals surface area contributed by atoms with Crippen molar-refractivity contribution in [2.45, 2.75) is 39.3 Å². The average Bonchev–Trinajstić information content (AvgIpc) is 2.38. The number of hydrogen-bond acceptors (Lipinski definition) is 3. The molecular weight excluding hydrogens is 238 g/mol. The number of amides is 1. The van der Waals surface area contributed by atoms with E-state index in [1.165, 1.54) is 0 Å². The van der Waals surface area contributed by atoms with E-state index in [2.05, 4.69) is 17.6 Å². The van der Waals surface area contributed by atoms with Crippen molar-refractivity contribution in [3.05, 3.63) is 24.3 Å². The van der Waals surface area contributed by atoms with Gasteiger partial charge < -0.3 is 15.5 Å². The lowest BCUT2D eigenvalue weighted by Crippen LogP contribution is -2.41. The summed E-state index contributed by atoms with van der Waals surface area (Å²) in [5, 5.41) is 6.18. The summed E-state index contributed by atoms with van der Waals surface area (Å²) in [6.45, 7) is 5.94. The van der Waals surface area contributed by atoms with Crippen LogP contribution in [0.2, 0.25) is 0 Å². The van der Waals surface area contributed by atoms with E-state index in [9.17, 15) is 4.79 Å². The molecule has 2 N–H and O–H groups in total. The molecule has 2 atom stereocenters. The Kier molecular flexibility index (Phi) is 5.67. The number of carbonyl (C=O) groups excluding carboxylic acids is 1. The van der Waals surface area contributed by atoms with Gasteiger partial charge in [0.15, 0.2) is 0 Å². The molecule has 1 rings (SSSR count). The second kappa shape index (κ2) is 7.02. The van der Waals surface area contributed by atoms with Crippen LogP contribution in [0.4, 0.5) is 11.4 Å². The maximum atomic E-state index is 11.9. The zero-order chi connectivity index (χ0) is 14.4. The molecule has 0 saturated heterocycles. The summed E-state index contributed by atoms with van der Waals surface area (Å²) < 4.78 is 0. The molecule has 0 fully saturated rings. The molecule has 4 nitrogen and oxygen atoms in total. The molecule has 1 aromatic carbocycles. The molecular formula is C15H25N3O. The van der Waals surface area contributed by atoms with Gasteiger partial charge in [-0.2, -0.15) is 0 Å². The smallest absolute Gasteiger partial charge is 0.242 e. The van der Waals surface area contributed by atoms with Crippen molar-refractivity contribution >= 4 is 17.3 Å². The third kappa shape index (κ3) is 4.81. The predicted molar refractivity (Wildman–Crippen MR) is 81.7 cm³/mol. The lowest BCUT2D eigenvalue weighted by Gasteiger charge is -2.19. The molecule has 0 aromatic heterocycles. The Labute approximate surface area is 116 Å². The SMILES string of the molecule is CCC(C)NC(=O)C(C)Nc1ccc(N(C)C)cc1. The Balaban J connectivity index is 2.56. The normalized spacial score (nSPS) is 13.5. The van der Waals surface area contributed by atoms with Crippen LogP contribution >= 0.6 is 0 Å². The lowest BCUT2D eigenvalue weighted by molar-refractivity contribution is -0.122. The molecule has 1 amide bonds. The van der Waals surface area contributed by atoms with Crippen LogP contribution in [0.1, 0.15) is 27.2 Å². The van der Waals surface area contributed by atoms with Crippen molar-refractivity contribution in [3.8, 4) is 0 Å². The van der Waals surface area contributed by atoms with Crippen LogP contribution in [0.3, 0.4) is 0 Å². The fraction of sp³-hybridized carbons (Fsp3) is 0.533. The van der Waals surface area contributed by atoms with Crippen molar-refractivity contribution < 1.29 is 4.79 Å². The van der Waals surface area contributed by atoms with E-state index in [0.29, 0.717) is 0 Å². The molecule has 0 aliphatic rings. The Bertz CT molecular complexity index is 400. The number of benzene rings is 1. The van der Waals surface area contributed by atoms with Crippen LogP contribution < -0.4 is 15.5 Å². The van der Waals surface area contributed by atoms with Gasteiger partial charge in [0.2, 0.25) is 5.91 Å². The molecule has 0 aliphatic heterocycles. The minimum atomic E-state index is -0.237. The minimum absolute atomic E-state index is 0.0334. The van der Waals surface area contributed by atoms with E-state index in [-0.39, 0.29) is 18.0 Å². The Morgan fingerprint density at radius 3 is 2.26 bits per heavy atom. The maximum absolute atomic E-state index is 11.9. The number of hydrogen-bond donors (Lipinski definition) is 2. The number of nitrogens with one attached hydrogen (secondary N) is 2. The summed E-state index contributed by atoms with van der Waals surface area (Å²) in [7, 11) is 4.01. The van der Waals surface area contributed by atoms with Gasteiger partial charge in [-0.1, -0.05) is 6.92 Å². The van der Waals surface area contributed by atoms with Gasteiger partial charge in [-0.25, -0.2) is 0 Å². The first-order valence-electron chi connectivity index (χ1n) is 6.78. The molecule has 0 heterocycles. The second-order valence-electron chi connectivity index (χ2n) is 5.13. The van der Waals surface area contributed by atoms with Crippen LogP contribution in [0.25, 0.3) is 0 Å². The first kappa shape index (κ1) is 15.3. The van der Waals surface area contributed by atoms with Gasteiger partial charge in [0, 0.05) is 31.5 Å². The summed E-state index contributed by atoms with van der Waals surface area (Å²) in [5.41, 5.74) is 2.10. The quantitative estimate of drug-likeness (QED) is 0.828. The summed E-state index contributed by atoms with van der Waals surface area (Å²) in [4.78, 5) is 14.0. The molecule has 0 bridgehead atoms. The molecule has 1 aromatic rings. The van der Waals surface area contributed by atoms with Crippen molar-refractivity contribution in [1.82, 2.24) is 5.32 Å². The van der Waals surface area contributed by atoms with Gasteiger partial charge in [0.25, 0.3) is 0 Å². The Morgan fingerprint density at radius 2 is 1.79 bits per heavy atom. The largest absolute Gasteiger partial charge is 0.378 e. The summed E-state index contributed by atoms with van der Waals surface area (Å²) in [6, 6.07) is 8.01. The van der Waals surface area contributed by atoms with Gasteiger partial charge in [-0.15, -0.1) is 0 Å². The molecule has 19 heavy (non-hydrogen) atoms. The third-order valence-corrected chi connectivity index (χ3v) is 3.16. The lowest BCUT2D eigenvalue weighted by atomic mass is 10.2. The molecule has 2 unspecified atom stereocenters. The van der Waals surface area contributed by atoms with Gasteiger partial charge in [-0.05, 0) is 44.5 Å². The van der Waals surface area contributed by atoms with E-state index in [4.69, 9.17) is 0 Å². The second-order valence-corrected chi connectivity index (χ2v) is 5.13. The Morgan fingerprint density at radius 1 is 1.21 bits per heavy atom. The van der Waals surface area contributed by atoms with Crippen molar-refractivity contribution in [2.75, 3.05) is 24.3 Å². The van der Waals surface area contributed by atoms with E-state index in [1.54, 1.807) is 0 Å². The fourth-order valence-electron chi connectivity index (χ4n) is 1.64. The summed E-state index contributed by atoms with van der Waals surface area (Å²) in [6.07, 6.45) is 0.940. The van der Waals surface area contributed by atoms with Gasteiger partial charge in [0.1, 0.15) is 6.04 Å². The van der Waals surface area contributed by atoms with E-state index in [0.717, 1.165) is 17.8 Å². The van der Waals surface area contributed by atoms with Crippen molar-refractivity contribution in [1.29, 1.82) is 0 Å². The zero-order valence-electron chi connectivity index (χ0n) is 12.5. The number of nitrogens with zero attached hydrogens (tertiary/aromatic N) is 1. The predicted octanol–water partition coefficient (Wildman–Crippen LogP) is 2.47. The van der Waals surface area contributed by atoms with Gasteiger partial charge in [-0.3, -0.25) is 4.79 Å². The highest BCUT2D eigenvalue weighted by molar-refractivity contribution is 5.84. The zero-order valence-corrected chi connectivity index (χ0v) is 12.5. The molecule has 4 heteroatoms. The van der Waals surface area contributed by atoms with E-state index < -0.39 is 0 Å². The van der Waals surface area contributed by atoms with Crippen LogP contribution in [0, 0.1) is 0 Å². The van der Waals surface area contributed by atoms with E-state index >= 15 is 0 Å². The van der Waals surface area contributed by atoms with Gasteiger partial charge in [0.05, 0.1) is 0 Å². The highest BCUT2D eigenvalue weighted by Crippen LogP contribution is 2.16.